The molecule has 3 heterocycles. The Labute approximate surface area is 301 Å². The van der Waals surface area contributed by atoms with Crippen LogP contribution in [0, 0.1) is 0 Å². The molecule has 1 aromatic heterocycles. The third kappa shape index (κ3) is 5.12. The van der Waals surface area contributed by atoms with Gasteiger partial charge in [-0.3, -0.25) is 0 Å². The molecule has 6 heteroatoms. The number of anilines is 3. The van der Waals surface area contributed by atoms with Crippen LogP contribution in [-0.2, 0) is 0 Å². The van der Waals surface area contributed by atoms with Crippen LogP contribution in [0.1, 0.15) is 34.6 Å². The summed E-state index contributed by atoms with van der Waals surface area (Å²) in [4.78, 5) is 16.1. The van der Waals surface area contributed by atoms with Crippen molar-refractivity contribution in [3.8, 4) is 11.1 Å². The standard InChI is InChI=1S/C46H34N6/c1-4-13-31(14-5-1)43-49-44(32-15-6-2-7-16-32)51-45(50-43)33-25-23-30(24-26-33)35-19-12-20-36(29-35)52-42-39-27-28-47-40(39)37-21-10-11-22-38(37)41(42)48-46(52)34-17-8-3-9-18-34/h1-29,43,46-48H,(H,49,50,51). The first-order valence-corrected chi connectivity index (χ1v) is 17.7. The van der Waals surface area contributed by atoms with Crippen LogP contribution < -0.4 is 15.5 Å². The summed E-state index contributed by atoms with van der Waals surface area (Å²) < 4.78 is 0. The number of rotatable bonds is 6. The molecule has 52 heavy (non-hydrogen) atoms. The fourth-order valence-corrected chi connectivity index (χ4v) is 7.62. The summed E-state index contributed by atoms with van der Waals surface area (Å²) in [6, 6.07) is 59.6. The van der Waals surface area contributed by atoms with Crippen LogP contribution in [0.4, 0.5) is 17.1 Å². The molecular weight excluding hydrogens is 637 g/mol. The van der Waals surface area contributed by atoms with Crippen LogP contribution in [0.5, 0.6) is 0 Å². The van der Waals surface area contributed by atoms with Crippen LogP contribution in [-0.4, -0.2) is 16.7 Å². The van der Waals surface area contributed by atoms with Crippen molar-refractivity contribution in [2.75, 3.05) is 10.2 Å². The summed E-state index contributed by atoms with van der Waals surface area (Å²) in [5, 5.41) is 11.1. The maximum absolute atomic E-state index is 5.07. The van der Waals surface area contributed by atoms with Crippen LogP contribution >= 0.6 is 0 Å². The number of nitrogens with one attached hydrogen (secondary N) is 3. The SMILES string of the molecule is c1ccc(C2=NC(c3ccc(-c4cccc(N5c6c(c7ccccc7c7[nH]ccc67)NC5c5ccccc5)c4)cc3)=NC(c3ccccc3)N2)cc1. The molecule has 248 valence electrons. The van der Waals surface area contributed by atoms with E-state index in [9.17, 15) is 0 Å². The van der Waals surface area contributed by atoms with Crippen molar-refractivity contribution in [2.45, 2.75) is 12.3 Å². The summed E-state index contributed by atoms with van der Waals surface area (Å²) in [7, 11) is 0. The largest absolute Gasteiger partial charge is 0.361 e. The number of hydrogen-bond donors (Lipinski definition) is 3. The summed E-state index contributed by atoms with van der Waals surface area (Å²) >= 11 is 0. The first kappa shape index (κ1) is 29.9. The van der Waals surface area contributed by atoms with Gasteiger partial charge in [-0.2, -0.15) is 0 Å². The number of hydrogen-bond acceptors (Lipinski definition) is 5. The smallest absolute Gasteiger partial charge is 0.159 e. The molecule has 3 N–H and O–H groups in total. The second-order valence-electron chi connectivity index (χ2n) is 13.2. The van der Waals surface area contributed by atoms with Crippen molar-refractivity contribution in [1.82, 2.24) is 10.3 Å². The van der Waals surface area contributed by atoms with Gasteiger partial charge in [0.1, 0.15) is 18.2 Å². The van der Waals surface area contributed by atoms with Crippen molar-refractivity contribution < 1.29 is 0 Å². The normalized spacial score (nSPS) is 16.6. The van der Waals surface area contributed by atoms with Crippen LogP contribution in [0.25, 0.3) is 32.8 Å². The average Bonchev–Trinajstić information content (AvgIpc) is 3.88. The average molecular weight is 671 g/mol. The van der Waals surface area contributed by atoms with E-state index in [1.54, 1.807) is 0 Å². The van der Waals surface area contributed by atoms with Crippen molar-refractivity contribution in [3.05, 3.63) is 198 Å². The van der Waals surface area contributed by atoms with Crippen molar-refractivity contribution >= 4 is 50.4 Å². The Morgan fingerprint density at radius 3 is 1.92 bits per heavy atom. The first-order chi connectivity index (χ1) is 25.8. The van der Waals surface area contributed by atoms with Gasteiger partial charge in [-0.15, -0.1) is 0 Å². The molecule has 0 saturated carbocycles. The molecule has 0 fully saturated rings. The van der Waals surface area contributed by atoms with E-state index in [0.29, 0.717) is 5.84 Å². The van der Waals surface area contributed by atoms with E-state index < -0.39 is 0 Å². The monoisotopic (exact) mass is 670 g/mol. The number of H-pyrrole nitrogens is 1. The summed E-state index contributed by atoms with van der Waals surface area (Å²) in [5.74, 6) is 1.52. The molecule has 2 atom stereocenters. The van der Waals surface area contributed by atoms with Gasteiger partial charge in [0.25, 0.3) is 0 Å². The Bertz CT molecular complexity index is 2630. The van der Waals surface area contributed by atoms with E-state index in [1.165, 1.54) is 27.4 Å². The Morgan fingerprint density at radius 1 is 0.500 bits per heavy atom. The molecule has 0 saturated heterocycles. The molecule has 7 aromatic carbocycles. The summed E-state index contributed by atoms with van der Waals surface area (Å²) in [6.45, 7) is 0. The van der Waals surface area contributed by atoms with E-state index in [0.717, 1.165) is 50.5 Å². The maximum Gasteiger partial charge on any atom is 0.159 e. The fourth-order valence-electron chi connectivity index (χ4n) is 7.62. The molecule has 2 aliphatic heterocycles. The molecule has 6 nitrogen and oxygen atoms in total. The zero-order valence-corrected chi connectivity index (χ0v) is 28.2. The van der Waals surface area contributed by atoms with Crippen LogP contribution in [0.15, 0.2) is 186 Å². The van der Waals surface area contributed by atoms with E-state index in [4.69, 9.17) is 9.98 Å². The number of aliphatic imine (C=N–C) groups is 2. The molecule has 0 amide bonds. The zero-order chi connectivity index (χ0) is 34.4. The highest BCUT2D eigenvalue weighted by Gasteiger charge is 2.35. The third-order valence-corrected chi connectivity index (χ3v) is 10.1. The zero-order valence-electron chi connectivity index (χ0n) is 28.2. The van der Waals surface area contributed by atoms with Crippen molar-refractivity contribution in [2.24, 2.45) is 9.98 Å². The van der Waals surface area contributed by atoms with Gasteiger partial charge in [0.2, 0.25) is 0 Å². The van der Waals surface area contributed by atoms with Crippen LogP contribution in [0.3, 0.4) is 0 Å². The lowest BCUT2D eigenvalue weighted by Gasteiger charge is -2.28. The highest BCUT2D eigenvalue weighted by Crippen LogP contribution is 2.53. The van der Waals surface area contributed by atoms with Gasteiger partial charge in [-0.05, 0) is 40.5 Å². The quantitative estimate of drug-likeness (QED) is 0.165. The molecule has 2 unspecified atom stereocenters. The fraction of sp³-hybridized carbons (Fsp3) is 0.0435. The minimum absolute atomic E-state index is 0.0788. The van der Waals surface area contributed by atoms with Crippen LogP contribution in [0.2, 0.25) is 0 Å². The predicted molar refractivity (Wildman–Crippen MR) is 214 cm³/mol. The van der Waals surface area contributed by atoms with Gasteiger partial charge >= 0.3 is 0 Å². The minimum Gasteiger partial charge on any atom is -0.361 e. The van der Waals surface area contributed by atoms with E-state index in [2.05, 4.69) is 154 Å². The molecule has 10 rings (SSSR count). The minimum atomic E-state index is -0.238. The van der Waals surface area contributed by atoms with Crippen molar-refractivity contribution in [1.29, 1.82) is 0 Å². The highest BCUT2D eigenvalue weighted by atomic mass is 15.3. The number of amidine groups is 2. The first-order valence-electron chi connectivity index (χ1n) is 17.7. The van der Waals surface area contributed by atoms with E-state index in [1.807, 2.05) is 42.6 Å². The van der Waals surface area contributed by atoms with Gasteiger partial charge in [0.05, 0.1) is 16.9 Å². The second kappa shape index (κ2) is 12.4. The highest BCUT2D eigenvalue weighted by molar-refractivity contribution is 6.21. The number of benzene rings is 7. The van der Waals surface area contributed by atoms with Gasteiger partial charge in [0, 0.05) is 39.2 Å². The van der Waals surface area contributed by atoms with Crippen molar-refractivity contribution in [3.63, 3.8) is 0 Å². The Balaban J connectivity index is 1.04. The lowest BCUT2D eigenvalue weighted by Crippen LogP contribution is -2.33. The molecule has 0 radical (unpaired) electrons. The molecule has 8 aromatic rings. The molecular formula is C46H34N6. The number of aromatic nitrogens is 1. The van der Waals surface area contributed by atoms with E-state index >= 15 is 0 Å². The topological polar surface area (TPSA) is 67.8 Å². The number of aromatic amines is 1. The number of nitrogens with zero attached hydrogens (tertiary/aromatic N) is 3. The number of fused-ring (bicyclic) bond motifs is 6. The second-order valence-corrected chi connectivity index (χ2v) is 13.2. The lowest BCUT2D eigenvalue weighted by molar-refractivity contribution is 0.674. The van der Waals surface area contributed by atoms with E-state index in [-0.39, 0.29) is 12.3 Å². The molecule has 0 spiro atoms. The Hall–Kier alpha value is -6.92. The maximum atomic E-state index is 5.07. The van der Waals surface area contributed by atoms with Gasteiger partial charge in [-0.1, -0.05) is 152 Å². The lowest BCUT2D eigenvalue weighted by atomic mass is 10.0. The Kier molecular flexibility index (Phi) is 7.17. The molecule has 2 aliphatic rings. The Morgan fingerprint density at radius 2 is 1.15 bits per heavy atom. The van der Waals surface area contributed by atoms with Gasteiger partial charge in [-0.25, -0.2) is 9.98 Å². The summed E-state index contributed by atoms with van der Waals surface area (Å²) in [5.41, 5.74) is 11.2. The van der Waals surface area contributed by atoms with Gasteiger partial charge < -0.3 is 20.5 Å². The molecule has 0 bridgehead atoms. The predicted octanol–water partition coefficient (Wildman–Crippen LogP) is 10.7. The summed E-state index contributed by atoms with van der Waals surface area (Å²) in [6.07, 6.45) is 1.73. The third-order valence-electron chi connectivity index (χ3n) is 10.1. The van der Waals surface area contributed by atoms with Gasteiger partial charge in [0.15, 0.2) is 5.84 Å². The molecule has 0 aliphatic carbocycles.